The van der Waals surface area contributed by atoms with Gasteiger partial charge in [0.15, 0.2) is 5.69 Å². The lowest BCUT2D eigenvalue weighted by atomic mass is 9.94. The Morgan fingerprint density at radius 2 is 1.61 bits per heavy atom. The van der Waals surface area contributed by atoms with E-state index in [4.69, 9.17) is 10.2 Å². The summed E-state index contributed by atoms with van der Waals surface area (Å²) in [7, 11) is 0. The van der Waals surface area contributed by atoms with Gasteiger partial charge < -0.3 is 25.7 Å². The number of anilines is 1. The van der Waals surface area contributed by atoms with Crippen molar-refractivity contribution < 1.29 is 18.8 Å². The predicted molar refractivity (Wildman–Crippen MR) is 158 cm³/mol. The SMILES string of the molecule is Cc1ccc([C@@H](C(=O)NC2CCCCC2)N(Cc2ccco2)C(=O)c2snc(C(=O)NC3CCCCC3)c2N)cc1. The van der Waals surface area contributed by atoms with Crippen molar-refractivity contribution in [2.75, 3.05) is 5.73 Å². The van der Waals surface area contributed by atoms with Gasteiger partial charge in [-0.3, -0.25) is 14.4 Å². The molecule has 2 saturated carbocycles. The van der Waals surface area contributed by atoms with Crippen LogP contribution in [0.1, 0.15) is 107 Å². The van der Waals surface area contributed by atoms with Gasteiger partial charge in [-0.1, -0.05) is 68.4 Å². The van der Waals surface area contributed by atoms with Gasteiger partial charge in [-0.05, 0) is 61.8 Å². The zero-order valence-electron chi connectivity index (χ0n) is 23.6. The third-order valence-electron chi connectivity index (χ3n) is 8.15. The molecule has 3 aromatic rings. The predicted octanol–water partition coefficient (Wildman–Crippen LogP) is 5.52. The lowest BCUT2D eigenvalue weighted by molar-refractivity contribution is -0.127. The van der Waals surface area contributed by atoms with Crippen LogP contribution < -0.4 is 16.4 Å². The molecule has 0 unspecified atom stereocenters. The monoisotopic (exact) mass is 577 g/mol. The first kappa shape index (κ1) is 28.9. The zero-order chi connectivity index (χ0) is 28.8. The van der Waals surface area contributed by atoms with Gasteiger partial charge >= 0.3 is 0 Å². The van der Waals surface area contributed by atoms with Gasteiger partial charge in [-0.25, -0.2) is 0 Å². The maximum absolute atomic E-state index is 14.3. The van der Waals surface area contributed by atoms with Crippen molar-refractivity contribution in [3.8, 4) is 0 Å². The third-order valence-corrected chi connectivity index (χ3v) is 9.00. The number of nitrogens with zero attached hydrogens (tertiary/aromatic N) is 2. The lowest BCUT2D eigenvalue weighted by Crippen LogP contribution is -2.46. The number of rotatable bonds is 9. The number of benzene rings is 1. The molecule has 218 valence electrons. The molecule has 4 N–H and O–H groups in total. The number of hydrogen-bond donors (Lipinski definition) is 3. The van der Waals surface area contributed by atoms with E-state index < -0.39 is 11.9 Å². The molecule has 0 aliphatic heterocycles. The van der Waals surface area contributed by atoms with Gasteiger partial charge in [0, 0.05) is 12.1 Å². The molecule has 0 saturated heterocycles. The first-order valence-electron chi connectivity index (χ1n) is 14.7. The van der Waals surface area contributed by atoms with Gasteiger partial charge in [0.05, 0.1) is 18.5 Å². The van der Waals surface area contributed by atoms with E-state index in [1.807, 2.05) is 31.2 Å². The van der Waals surface area contributed by atoms with E-state index in [-0.39, 0.29) is 46.7 Å². The average Bonchev–Trinajstić information content (AvgIpc) is 3.64. The minimum atomic E-state index is -0.934. The Bertz CT molecular complexity index is 1320. The van der Waals surface area contributed by atoms with Crippen LogP contribution in [0.5, 0.6) is 0 Å². The summed E-state index contributed by atoms with van der Waals surface area (Å²) in [5.41, 5.74) is 8.24. The Balaban J connectivity index is 1.47. The summed E-state index contributed by atoms with van der Waals surface area (Å²) in [5.74, 6) is -0.566. The summed E-state index contributed by atoms with van der Waals surface area (Å²) >= 11 is 0.889. The fraction of sp³-hybridized carbons (Fsp3) is 0.484. The van der Waals surface area contributed by atoms with E-state index in [1.54, 1.807) is 12.1 Å². The zero-order valence-corrected chi connectivity index (χ0v) is 24.4. The van der Waals surface area contributed by atoms with Crippen molar-refractivity contribution in [2.45, 2.75) is 95.8 Å². The fourth-order valence-electron chi connectivity index (χ4n) is 5.85. The molecule has 2 aliphatic carbocycles. The molecular formula is C31H39N5O4S. The molecule has 2 aliphatic rings. The molecule has 2 aromatic heterocycles. The summed E-state index contributed by atoms with van der Waals surface area (Å²) in [6.45, 7) is 2.02. The van der Waals surface area contributed by atoms with E-state index >= 15 is 0 Å². The van der Waals surface area contributed by atoms with Crippen LogP contribution in [0.3, 0.4) is 0 Å². The summed E-state index contributed by atoms with van der Waals surface area (Å²) in [5, 5.41) is 6.24. The highest BCUT2D eigenvalue weighted by molar-refractivity contribution is 7.09. The van der Waals surface area contributed by atoms with Crippen molar-refractivity contribution >= 4 is 34.9 Å². The smallest absolute Gasteiger partial charge is 0.273 e. The highest BCUT2D eigenvalue weighted by atomic mass is 32.1. The molecule has 41 heavy (non-hydrogen) atoms. The Hall–Kier alpha value is -3.66. The third kappa shape index (κ3) is 6.98. The molecule has 0 radical (unpaired) electrons. The van der Waals surface area contributed by atoms with Gasteiger partial charge in [-0.2, -0.15) is 4.37 Å². The van der Waals surface area contributed by atoms with Crippen LogP contribution in [-0.2, 0) is 11.3 Å². The second-order valence-corrected chi connectivity index (χ2v) is 12.0. The first-order valence-corrected chi connectivity index (χ1v) is 15.4. The number of amides is 3. The Morgan fingerprint density at radius 3 is 2.22 bits per heavy atom. The number of aromatic nitrogens is 1. The van der Waals surface area contributed by atoms with Crippen LogP contribution in [0.4, 0.5) is 5.69 Å². The standard InChI is InChI=1S/C31H39N5O4S/c1-20-14-16-21(17-15-20)27(30(38)34-23-11-6-3-7-12-23)36(19-24-13-8-18-40-24)31(39)28-25(32)26(35-41-28)29(37)33-22-9-4-2-5-10-22/h8,13-18,22-23,27H,2-7,9-12,19,32H2,1H3,(H,33,37)(H,34,38)/t27-/m0/s1. The fourth-order valence-corrected chi connectivity index (χ4v) is 6.60. The Labute approximate surface area is 245 Å². The van der Waals surface area contributed by atoms with Crippen LogP contribution in [-0.4, -0.2) is 39.1 Å². The Morgan fingerprint density at radius 1 is 0.976 bits per heavy atom. The van der Waals surface area contributed by atoms with Crippen molar-refractivity contribution in [2.24, 2.45) is 0 Å². The van der Waals surface area contributed by atoms with E-state index in [9.17, 15) is 14.4 Å². The molecule has 1 atom stereocenters. The van der Waals surface area contributed by atoms with E-state index in [1.165, 1.54) is 17.6 Å². The highest BCUT2D eigenvalue weighted by Crippen LogP contribution is 2.31. The molecule has 5 rings (SSSR count). The maximum atomic E-state index is 14.3. The average molecular weight is 578 g/mol. The maximum Gasteiger partial charge on any atom is 0.273 e. The number of hydrogen-bond acceptors (Lipinski definition) is 7. The highest BCUT2D eigenvalue weighted by Gasteiger charge is 2.36. The first-order chi connectivity index (χ1) is 19.9. The molecule has 0 bridgehead atoms. The number of furan rings is 1. The number of nitrogen functional groups attached to an aromatic ring is 1. The van der Waals surface area contributed by atoms with Crippen LogP contribution >= 0.6 is 11.5 Å². The summed E-state index contributed by atoms with van der Waals surface area (Å²) in [6, 6.07) is 10.3. The van der Waals surface area contributed by atoms with Crippen LogP contribution in [0.15, 0.2) is 47.1 Å². The number of nitrogens with two attached hydrogens (primary N) is 1. The molecule has 3 amide bonds. The van der Waals surface area contributed by atoms with Gasteiger partial charge in [0.25, 0.3) is 11.8 Å². The van der Waals surface area contributed by atoms with Gasteiger partial charge in [0.2, 0.25) is 5.91 Å². The molecule has 2 heterocycles. The van der Waals surface area contributed by atoms with Gasteiger partial charge in [0.1, 0.15) is 16.7 Å². The lowest BCUT2D eigenvalue weighted by Gasteiger charge is -2.33. The second-order valence-electron chi connectivity index (χ2n) is 11.3. The van der Waals surface area contributed by atoms with E-state index in [0.717, 1.165) is 74.9 Å². The van der Waals surface area contributed by atoms with Crippen LogP contribution in [0.2, 0.25) is 0 Å². The largest absolute Gasteiger partial charge is 0.467 e. The normalized spacial score (nSPS) is 17.1. The Kier molecular flexibility index (Phi) is 9.38. The van der Waals surface area contributed by atoms with Crippen LogP contribution in [0.25, 0.3) is 0 Å². The van der Waals surface area contributed by atoms with E-state index in [2.05, 4.69) is 15.0 Å². The van der Waals surface area contributed by atoms with Crippen molar-refractivity contribution in [1.82, 2.24) is 19.9 Å². The molecule has 1 aromatic carbocycles. The number of nitrogens with one attached hydrogen (secondary N) is 2. The van der Waals surface area contributed by atoms with Crippen molar-refractivity contribution in [3.63, 3.8) is 0 Å². The van der Waals surface area contributed by atoms with Crippen molar-refractivity contribution in [1.29, 1.82) is 0 Å². The molecule has 10 heteroatoms. The number of aryl methyl sites for hydroxylation is 1. The van der Waals surface area contributed by atoms with Gasteiger partial charge in [-0.15, -0.1) is 0 Å². The number of carbonyl (C=O) groups is 3. The minimum absolute atomic E-state index is 0.0353. The second kappa shape index (κ2) is 13.3. The van der Waals surface area contributed by atoms with Crippen LogP contribution in [0, 0.1) is 6.92 Å². The molecular weight excluding hydrogens is 538 g/mol. The molecule has 9 nitrogen and oxygen atoms in total. The number of carbonyl (C=O) groups excluding carboxylic acids is 3. The molecule has 0 spiro atoms. The summed E-state index contributed by atoms with van der Waals surface area (Å²) in [4.78, 5) is 42.9. The topological polar surface area (TPSA) is 131 Å². The van der Waals surface area contributed by atoms with E-state index in [0.29, 0.717) is 11.3 Å². The quantitative estimate of drug-likeness (QED) is 0.307. The molecule has 2 fully saturated rings. The van der Waals surface area contributed by atoms with Crippen molar-refractivity contribution in [3.05, 3.63) is 70.1 Å². The summed E-state index contributed by atoms with van der Waals surface area (Å²) < 4.78 is 9.91. The minimum Gasteiger partial charge on any atom is -0.467 e. The summed E-state index contributed by atoms with van der Waals surface area (Å²) in [6.07, 6.45) is 11.8.